The molecule has 2 aromatic carbocycles. The number of carbonyl (C=O) groups excluding carboxylic acids is 3. The summed E-state index contributed by atoms with van der Waals surface area (Å²) in [5.74, 6) is -0.0130. The summed E-state index contributed by atoms with van der Waals surface area (Å²) in [4.78, 5) is 40.7. The number of methoxy groups -OCH3 is 1. The van der Waals surface area contributed by atoms with Crippen LogP contribution in [0.15, 0.2) is 54.1 Å². The third kappa shape index (κ3) is 6.01. The summed E-state index contributed by atoms with van der Waals surface area (Å²) in [6, 6.07) is 11.9. The molecule has 0 bridgehead atoms. The van der Waals surface area contributed by atoms with Crippen molar-refractivity contribution in [3.8, 4) is 11.5 Å². The van der Waals surface area contributed by atoms with Gasteiger partial charge in [0.25, 0.3) is 0 Å². The smallest absolute Gasteiger partial charge is 0.247 e. The number of ether oxygens (including phenoxy) is 2. The van der Waals surface area contributed by atoms with E-state index in [-0.39, 0.29) is 25.6 Å². The van der Waals surface area contributed by atoms with Gasteiger partial charge in [-0.3, -0.25) is 14.4 Å². The maximum atomic E-state index is 13.8. The molecule has 1 saturated carbocycles. The lowest BCUT2D eigenvalue weighted by Crippen LogP contribution is -2.55. The molecule has 4 atom stereocenters. The van der Waals surface area contributed by atoms with Crippen molar-refractivity contribution in [3.05, 3.63) is 70.8 Å². The van der Waals surface area contributed by atoms with Crippen molar-refractivity contribution in [2.24, 2.45) is 5.92 Å². The van der Waals surface area contributed by atoms with E-state index in [2.05, 4.69) is 5.32 Å². The Kier molecular flexibility index (Phi) is 9.05. The zero-order chi connectivity index (χ0) is 28.9. The van der Waals surface area contributed by atoms with E-state index >= 15 is 0 Å². The van der Waals surface area contributed by atoms with E-state index in [0.717, 1.165) is 24.8 Å². The number of carbonyl (C=O) groups is 3. The van der Waals surface area contributed by atoms with Crippen LogP contribution in [0.2, 0.25) is 0 Å². The van der Waals surface area contributed by atoms with Gasteiger partial charge in [-0.2, -0.15) is 0 Å². The molecule has 1 heterocycles. The Morgan fingerprint density at radius 1 is 1.17 bits per heavy atom. The summed E-state index contributed by atoms with van der Waals surface area (Å²) < 4.78 is 11.8. The van der Waals surface area contributed by atoms with Gasteiger partial charge in [-0.1, -0.05) is 56.0 Å². The number of aldehydes is 1. The Hall–Kier alpha value is -3.69. The minimum atomic E-state index is -1.16. The number of hydrogen-bond donors (Lipinski definition) is 3. The van der Waals surface area contributed by atoms with Crippen LogP contribution in [-0.4, -0.2) is 71.7 Å². The second-order valence-electron chi connectivity index (χ2n) is 11.1. The molecule has 1 fully saturated rings. The molecule has 3 aliphatic rings. The predicted molar refractivity (Wildman–Crippen MR) is 152 cm³/mol. The van der Waals surface area contributed by atoms with Gasteiger partial charge in [0.2, 0.25) is 11.8 Å². The summed E-state index contributed by atoms with van der Waals surface area (Å²) in [7, 11) is 1.46. The molecular formula is C32H38N2O7. The van der Waals surface area contributed by atoms with Crippen LogP contribution < -0.4 is 14.8 Å². The molecule has 1 aliphatic heterocycles. The molecule has 0 radical (unpaired) electrons. The molecule has 9 nitrogen and oxygen atoms in total. The molecule has 218 valence electrons. The van der Waals surface area contributed by atoms with Crippen LogP contribution in [0.1, 0.15) is 65.9 Å². The quantitative estimate of drug-likeness (QED) is 0.360. The SMILES string of the molecule is COc1cc(C=O)cc2c1OC1C2C(C(=O)NCCO)=CC(N(Cc2ccccc2)C(=O)CCC2CCCC2)C1O. The number of hydrogen-bond acceptors (Lipinski definition) is 7. The van der Waals surface area contributed by atoms with Gasteiger partial charge in [0.15, 0.2) is 11.5 Å². The van der Waals surface area contributed by atoms with Crippen LogP contribution in [0.4, 0.5) is 0 Å². The zero-order valence-electron chi connectivity index (χ0n) is 23.3. The summed E-state index contributed by atoms with van der Waals surface area (Å²) in [6.45, 7) is 0.0620. The first-order chi connectivity index (χ1) is 19.9. The van der Waals surface area contributed by atoms with Gasteiger partial charge in [0.1, 0.15) is 18.5 Å². The van der Waals surface area contributed by atoms with Crippen molar-refractivity contribution in [1.29, 1.82) is 0 Å². The molecule has 2 aliphatic carbocycles. The molecule has 3 N–H and O–H groups in total. The topological polar surface area (TPSA) is 125 Å². The molecule has 4 unspecified atom stereocenters. The highest BCUT2D eigenvalue weighted by atomic mass is 16.5. The molecule has 0 spiro atoms. The summed E-state index contributed by atoms with van der Waals surface area (Å²) in [5.41, 5.74) is 2.12. The minimum absolute atomic E-state index is 0.0419. The first-order valence-electron chi connectivity index (χ1n) is 14.4. The average Bonchev–Trinajstić information content (AvgIpc) is 3.66. The minimum Gasteiger partial charge on any atom is -0.493 e. The highest BCUT2D eigenvalue weighted by Crippen LogP contribution is 2.51. The van der Waals surface area contributed by atoms with Gasteiger partial charge >= 0.3 is 0 Å². The fourth-order valence-corrected chi connectivity index (χ4v) is 6.47. The second kappa shape index (κ2) is 12.9. The largest absolute Gasteiger partial charge is 0.493 e. The maximum Gasteiger partial charge on any atom is 0.247 e. The molecule has 9 heteroatoms. The summed E-state index contributed by atoms with van der Waals surface area (Å²) >= 11 is 0. The van der Waals surface area contributed by atoms with E-state index in [4.69, 9.17) is 9.47 Å². The summed E-state index contributed by atoms with van der Waals surface area (Å²) in [5, 5.41) is 23.9. The Labute approximate surface area is 240 Å². The molecule has 2 amide bonds. The normalized spacial score (nSPS) is 23.1. The van der Waals surface area contributed by atoms with Crippen LogP contribution in [0.25, 0.3) is 0 Å². The first kappa shape index (κ1) is 28.8. The molecule has 2 aromatic rings. The standard InChI is InChI=1S/C32H38N2O7/c1-40-26-16-22(19-36)15-23-28-24(32(39)33-13-14-35)17-25(29(38)31(28)41-30(23)26)34(18-21-9-3-2-4-10-21)27(37)12-11-20-7-5-6-8-20/h2-4,9-10,15-17,19-20,25,28-29,31,35,38H,5-8,11-14,18H2,1H3,(H,33,39). The van der Waals surface area contributed by atoms with Gasteiger partial charge in [-0.05, 0) is 36.1 Å². The van der Waals surface area contributed by atoms with E-state index in [1.807, 2.05) is 30.3 Å². The number of amides is 2. The predicted octanol–water partition coefficient (Wildman–Crippen LogP) is 3.13. The second-order valence-corrected chi connectivity index (χ2v) is 11.1. The zero-order valence-corrected chi connectivity index (χ0v) is 23.3. The first-order valence-corrected chi connectivity index (χ1v) is 14.4. The van der Waals surface area contributed by atoms with Crippen molar-refractivity contribution in [1.82, 2.24) is 10.2 Å². The average molecular weight is 563 g/mol. The Morgan fingerprint density at radius 2 is 1.93 bits per heavy atom. The number of aliphatic hydroxyl groups excluding tert-OH is 2. The molecular weight excluding hydrogens is 524 g/mol. The Morgan fingerprint density at radius 3 is 2.61 bits per heavy atom. The monoisotopic (exact) mass is 562 g/mol. The van der Waals surface area contributed by atoms with Gasteiger partial charge in [-0.25, -0.2) is 0 Å². The van der Waals surface area contributed by atoms with E-state index in [9.17, 15) is 24.6 Å². The van der Waals surface area contributed by atoms with Gasteiger partial charge in [0.05, 0.1) is 25.7 Å². The lowest BCUT2D eigenvalue weighted by molar-refractivity contribution is -0.138. The van der Waals surface area contributed by atoms with Crippen molar-refractivity contribution in [2.75, 3.05) is 20.3 Å². The van der Waals surface area contributed by atoms with Crippen LogP contribution in [-0.2, 0) is 16.1 Å². The van der Waals surface area contributed by atoms with Gasteiger partial charge in [-0.15, -0.1) is 0 Å². The number of nitrogens with zero attached hydrogens (tertiary/aromatic N) is 1. The van der Waals surface area contributed by atoms with E-state index < -0.39 is 30.1 Å². The van der Waals surface area contributed by atoms with Crippen molar-refractivity contribution >= 4 is 18.1 Å². The highest BCUT2D eigenvalue weighted by Gasteiger charge is 2.51. The molecule has 41 heavy (non-hydrogen) atoms. The number of nitrogens with one attached hydrogen (secondary N) is 1. The fraction of sp³-hybridized carbons (Fsp3) is 0.469. The van der Waals surface area contributed by atoms with Crippen LogP contribution in [0, 0.1) is 5.92 Å². The Balaban J connectivity index is 1.54. The van der Waals surface area contributed by atoms with E-state index in [0.29, 0.717) is 46.8 Å². The van der Waals surface area contributed by atoms with Crippen LogP contribution >= 0.6 is 0 Å². The third-order valence-corrected chi connectivity index (χ3v) is 8.53. The van der Waals surface area contributed by atoms with Gasteiger partial charge in [0, 0.05) is 36.2 Å². The highest BCUT2D eigenvalue weighted by molar-refractivity contribution is 5.96. The van der Waals surface area contributed by atoms with Gasteiger partial charge < -0.3 is 29.9 Å². The van der Waals surface area contributed by atoms with Crippen molar-refractivity contribution < 1.29 is 34.1 Å². The lowest BCUT2D eigenvalue weighted by Gasteiger charge is -2.41. The number of aliphatic hydroxyl groups is 2. The van der Waals surface area contributed by atoms with E-state index in [1.165, 1.54) is 20.0 Å². The Bertz CT molecular complexity index is 1290. The maximum absolute atomic E-state index is 13.8. The lowest BCUT2D eigenvalue weighted by atomic mass is 9.77. The van der Waals surface area contributed by atoms with Crippen molar-refractivity contribution in [2.45, 2.75) is 69.2 Å². The third-order valence-electron chi connectivity index (χ3n) is 8.53. The molecule has 0 aromatic heterocycles. The van der Waals surface area contributed by atoms with E-state index in [1.54, 1.807) is 23.1 Å². The van der Waals surface area contributed by atoms with Crippen molar-refractivity contribution in [3.63, 3.8) is 0 Å². The summed E-state index contributed by atoms with van der Waals surface area (Å²) in [6.07, 6.45) is 6.09. The number of fused-ring (bicyclic) bond motifs is 3. The van der Waals surface area contributed by atoms with Crippen LogP contribution in [0.3, 0.4) is 0 Å². The number of rotatable bonds is 11. The van der Waals surface area contributed by atoms with Crippen LogP contribution in [0.5, 0.6) is 11.5 Å². The molecule has 0 saturated heterocycles. The fourth-order valence-electron chi connectivity index (χ4n) is 6.47. The molecule has 5 rings (SSSR count). The number of benzene rings is 2.